The van der Waals surface area contributed by atoms with E-state index < -0.39 is 0 Å². The van der Waals surface area contributed by atoms with Gasteiger partial charge in [-0.15, -0.1) is 0 Å². The third-order valence-corrected chi connectivity index (χ3v) is 3.45. The molecular formula is C17H24N2. The zero-order valence-corrected chi connectivity index (χ0v) is 12.4. The van der Waals surface area contributed by atoms with Crippen molar-refractivity contribution in [3.8, 4) is 0 Å². The van der Waals surface area contributed by atoms with Gasteiger partial charge >= 0.3 is 0 Å². The molecule has 2 heteroatoms. The number of aryl methyl sites for hydroxylation is 1. The fourth-order valence-electron chi connectivity index (χ4n) is 2.37. The highest BCUT2D eigenvalue weighted by atomic mass is 15.0. The van der Waals surface area contributed by atoms with E-state index >= 15 is 0 Å². The van der Waals surface area contributed by atoms with E-state index in [1.807, 2.05) is 7.05 Å². The van der Waals surface area contributed by atoms with E-state index in [2.05, 4.69) is 67.8 Å². The average Bonchev–Trinajstić information content (AvgIpc) is 2.36. The smallest absolute Gasteiger partial charge is 0.0252 e. The highest BCUT2D eigenvalue weighted by Gasteiger charge is 2.15. The molecule has 0 heterocycles. The minimum absolute atomic E-state index is 0.108. The summed E-state index contributed by atoms with van der Waals surface area (Å²) in [6, 6.07) is 13.3. The average molecular weight is 256 g/mol. The van der Waals surface area contributed by atoms with Crippen molar-refractivity contribution < 1.29 is 0 Å². The lowest BCUT2D eigenvalue weighted by Crippen LogP contribution is -2.46. The third-order valence-electron chi connectivity index (χ3n) is 3.45. The molecule has 0 aliphatic carbocycles. The monoisotopic (exact) mass is 256 g/mol. The predicted molar refractivity (Wildman–Crippen MR) is 83.5 cm³/mol. The quantitative estimate of drug-likeness (QED) is 0.858. The van der Waals surface area contributed by atoms with Crippen LogP contribution in [0.2, 0.25) is 0 Å². The van der Waals surface area contributed by atoms with E-state index in [0.29, 0.717) is 0 Å². The van der Waals surface area contributed by atoms with Crippen LogP contribution in [0.1, 0.15) is 25.0 Å². The summed E-state index contributed by atoms with van der Waals surface area (Å²) in [4.78, 5) is 0. The summed E-state index contributed by atoms with van der Waals surface area (Å²) in [6.45, 7) is 8.43. The van der Waals surface area contributed by atoms with E-state index in [-0.39, 0.29) is 5.54 Å². The van der Waals surface area contributed by atoms with Gasteiger partial charge < -0.3 is 10.6 Å². The molecule has 0 spiro atoms. The molecule has 2 aromatic carbocycles. The Kier molecular flexibility index (Phi) is 4.23. The Morgan fingerprint density at radius 3 is 2.42 bits per heavy atom. The van der Waals surface area contributed by atoms with Gasteiger partial charge in [-0.1, -0.05) is 35.9 Å². The SMILES string of the molecule is CNCC(C)(C)NCc1ccc2cc(C)ccc2c1. The fraction of sp³-hybridized carbons (Fsp3) is 0.412. The number of fused-ring (bicyclic) bond motifs is 1. The van der Waals surface area contributed by atoms with Crippen molar-refractivity contribution in [3.05, 3.63) is 47.5 Å². The first-order valence-corrected chi connectivity index (χ1v) is 6.89. The predicted octanol–water partition coefficient (Wildman–Crippen LogP) is 3.24. The molecule has 2 rings (SSSR count). The number of rotatable bonds is 5. The van der Waals surface area contributed by atoms with Gasteiger partial charge in [0, 0.05) is 18.6 Å². The summed E-state index contributed by atoms with van der Waals surface area (Å²) in [6.07, 6.45) is 0. The van der Waals surface area contributed by atoms with Crippen molar-refractivity contribution >= 4 is 10.8 Å². The van der Waals surface area contributed by atoms with E-state index in [0.717, 1.165) is 13.1 Å². The van der Waals surface area contributed by atoms with Crippen LogP contribution in [0.5, 0.6) is 0 Å². The maximum absolute atomic E-state index is 3.59. The first kappa shape index (κ1) is 14.0. The van der Waals surface area contributed by atoms with Gasteiger partial charge in [-0.3, -0.25) is 0 Å². The van der Waals surface area contributed by atoms with Crippen molar-refractivity contribution in [2.45, 2.75) is 32.9 Å². The van der Waals surface area contributed by atoms with Gasteiger partial charge in [0.05, 0.1) is 0 Å². The lowest BCUT2D eigenvalue weighted by atomic mass is 10.0. The molecule has 0 aliphatic rings. The van der Waals surface area contributed by atoms with Crippen molar-refractivity contribution in [3.63, 3.8) is 0 Å². The van der Waals surface area contributed by atoms with Crippen molar-refractivity contribution in [1.82, 2.24) is 10.6 Å². The van der Waals surface area contributed by atoms with Crippen molar-refractivity contribution in [1.29, 1.82) is 0 Å². The van der Waals surface area contributed by atoms with Gasteiger partial charge in [-0.25, -0.2) is 0 Å². The van der Waals surface area contributed by atoms with Gasteiger partial charge in [-0.05, 0) is 50.2 Å². The normalized spacial score (nSPS) is 12.0. The minimum atomic E-state index is 0.108. The van der Waals surface area contributed by atoms with Crippen LogP contribution in [0.25, 0.3) is 10.8 Å². The third kappa shape index (κ3) is 3.79. The second kappa shape index (κ2) is 5.72. The number of hydrogen-bond acceptors (Lipinski definition) is 2. The molecule has 102 valence electrons. The second-order valence-electron chi connectivity index (χ2n) is 5.95. The van der Waals surface area contributed by atoms with Crippen LogP contribution >= 0.6 is 0 Å². The highest BCUT2D eigenvalue weighted by molar-refractivity contribution is 5.83. The van der Waals surface area contributed by atoms with Crippen molar-refractivity contribution in [2.75, 3.05) is 13.6 Å². The highest BCUT2D eigenvalue weighted by Crippen LogP contribution is 2.18. The molecule has 0 fully saturated rings. The lowest BCUT2D eigenvalue weighted by molar-refractivity contribution is 0.374. The standard InChI is InChI=1S/C17H24N2/c1-13-5-7-16-10-14(6-8-15(16)9-13)11-19-17(2,3)12-18-4/h5-10,18-19H,11-12H2,1-4H3. The Bertz CT molecular complexity index is 558. The van der Waals surface area contributed by atoms with E-state index in [1.54, 1.807) is 0 Å². The molecular weight excluding hydrogens is 232 g/mol. The number of likely N-dealkylation sites (N-methyl/N-ethyl adjacent to an activating group) is 1. The molecule has 0 amide bonds. The molecule has 0 atom stereocenters. The first-order valence-electron chi connectivity index (χ1n) is 6.89. The summed E-state index contributed by atoms with van der Waals surface area (Å²) in [5.74, 6) is 0. The molecule has 2 aromatic rings. The van der Waals surface area contributed by atoms with Gasteiger partial charge in [0.1, 0.15) is 0 Å². The molecule has 0 saturated heterocycles. The van der Waals surface area contributed by atoms with Crippen LogP contribution in [-0.4, -0.2) is 19.1 Å². The molecule has 0 unspecified atom stereocenters. The minimum Gasteiger partial charge on any atom is -0.318 e. The summed E-state index contributed by atoms with van der Waals surface area (Å²) in [5.41, 5.74) is 2.76. The van der Waals surface area contributed by atoms with Crippen molar-refractivity contribution in [2.24, 2.45) is 0 Å². The fourth-order valence-corrected chi connectivity index (χ4v) is 2.37. The zero-order valence-electron chi connectivity index (χ0n) is 12.4. The second-order valence-corrected chi connectivity index (χ2v) is 5.95. The molecule has 0 bridgehead atoms. The zero-order chi connectivity index (χ0) is 13.9. The maximum Gasteiger partial charge on any atom is 0.0252 e. The molecule has 0 aliphatic heterocycles. The Morgan fingerprint density at radius 1 is 1.00 bits per heavy atom. The first-order chi connectivity index (χ1) is 9.00. The maximum atomic E-state index is 3.59. The van der Waals surface area contributed by atoms with Crippen LogP contribution in [0.4, 0.5) is 0 Å². The van der Waals surface area contributed by atoms with Gasteiger partial charge in [0.2, 0.25) is 0 Å². The topological polar surface area (TPSA) is 24.1 Å². The van der Waals surface area contributed by atoms with Gasteiger partial charge in [0.15, 0.2) is 0 Å². The Balaban J connectivity index is 2.11. The summed E-state index contributed by atoms with van der Waals surface area (Å²) >= 11 is 0. The number of benzene rings is 2. The van der Waals surface area contributed by atoms with Gasteiger partial charge in [-0.2, -0.15) is 0 Å². The van der Waals surface area contributed by atoms with E-state index in [4.69, 9.17) is 0 Å². The molecule has 0 saturated carbocycles. The largest absolute Gasteiger partial charge is 0.318 e. The van der Waals surface area contributed by atoms with E-state index in [9.17, 15) is 0 Å². The van der Waals surface area contributed by atoms with Crippen LogP contribution in [0.3, 0.4) is 0 Å². The Morgan fingerprint density at radius 2 is 1.68 bits per heavy atom. The Hall–Kier alpha value is -1.38. The molecule has 2 nitrogen and oxygen atoms in total. The van der Waals surface area contributed by atoms with Crippen LogP contribution in [0.15, 0.2) is 36.4 Å². The summed E-state index contributed by atoms with van der Waals surface area (Å²) in [7, 11) is 1.99. The van der Waals surface area contributed by atoms with Crippen LogP contribution in [0, 0.1) is 6.92 Å². The molecule has 2 N–H and O–H groups in total. The molecule has 0 radical (unpaired) electrons. The van der Waals surface area contributed by atoms with Gasteiger partial charge in [0.25, 0.3) is 0 Å². The molecule has 0 aromatic heterocycles. The molecule has 19 heavy (non-hydrogen) atoms. The summed E-state index contributed by atoms with van der Waals surface area (Å²) in [5, 5.41) is 9.44. The van der Waals surface area contributed by atoms with E-state index in [1.165, 1.54) is 21.9 Å². The van der Waals surface area contributed by atoms with Crippen LogP contribution in [-0.2, 0) is 6.54 Å². The Labute approximate surface area is 116 Å². The number of nitrogens with one attached hydrogen (secondary N) is 2. The number of hydrogen-bond donors (Lipinski definition) is 2. The summed E-state index contributed by atoms with van der Waals surface area (Å²) < 4.78 is 0. The lowest BCUT2D eigenvalue weighted by Gasteiger charge is -2.26. The van der Waals surface area contributed by atoms with Crippen LogP contribution < -0.4 is 10.6 Å².